The molecule has 0 saturated carbocycles. The van der Waals surface area contributed by atoms with Crippen LogP contribution in [-0.4, -0.2) is 41.1 Å². The van der Waals surface area contributed by atoms with E-state index in [0.29, 0.717) is 0 Å². The first-order valence-corrected chi connectivity index (χ1v) is 6.53. The van der Waals surface area contributed by atoms with Gasteiger partial charge in [-0.25, -0.2) is 4.79 Å². The van der Waals surface area contributed by atoms with Crippen molar-refractivity contribution in [3.8, 4) is 5.75 Å². The van der Waals surface area contributed by atoms with Gasteiger partial charge in [-0.2, -0.15) is 0 Å². The Morgan fingerprint density at radius 3 is 2.10 bits per heavy atom. The standard InChI is InChI=1S/C15H21NO4/c1-9(2)16(10(3)4)14(18)12-7-6-11(8-13(12)17)15(19)20-5/h6-10,17H,1-5H3. The molecule has 1 rings (SSSR count). The Labute approximate surface area is 119 Å². The molecule has 110 valence electrons. The monoisotopic (exact) mass is 279 g/mol. The van der Waals surface area contributed by atoms with E-state index < -0.39 is 5.97 Å². The molecule has 0 aliphatic rings. The van der Waals surface area contributed by atoms with Crippen LogP contribution in [-0.2, 0) is 4.74 Å². The molecule has 0 atom stereocenters. The fraction of sp³-hybridized carbons (Fsp3) is 0.467. The van der Waals surface area contributed by atoms with Gasteiger partial charge in [-0.15, -0.1) is 0 Å². The Balaban J connectivity index is 3.14. The number of ether oxygens (including phenoxy) is 1. The number of carbonyl (C=O) groups excluding carboxylic acids is 2. The Bertz CT molecular complexity index is 501. The zero-order chi connectivity index (χ0) is 15.4. The second-order valence-electron chi connectivity index (χ2n) is 5.12. The number of carbonyl (C=O) groups is 2. The lowest BCUT2D eigenvalue weighted by Crippen LogP contribution is -2.42. The number of phenols is 1. The highest BCUT2D eigenvalue weighted by Crippen LogP contribution is 2.23. The number of phenolic OH excluding ortho intramolecular Hbond substituents is 1. The molecule has 0 bridgehead atoms. The number of methoxy groups -OCH3 is 1. The third kappa shape index (κ3) is 3.29. The van der Waals surface area contributed by atoms with Crippen LogP contribution in [0.4, 0.5) is 0 Å². The van der Waals surface area contributed by atoms with Crippen LogP contribution < -0.4 is 0 Å². The predicted molar refractivity (Wildman–Crippen MR) is 75.9 cm³/mol. The number of esters is 1. The van der Waals surface area contributed by atoms with Crippen LogP contribution in [0.2, 0.25) is 0 Å². The molecule has 0 radical (unpaired) electrons. The number of amides is 1. The molecule has 0 aliphatic carbocycles. The summed E-state index contributed by atoms with van der Waals surface area (Å²) in [6.45, 7) is 7.66. The summed E-state index contributed by atoms with van der Waals surface area (Å²) >= 11 is 0. The Kier molecular flexibility index (Phi) is 5.13. The van der Waals surface area contributed by atoms with Gasteiger partial charge < -0.3 is 14.7 Å². The third-order valence-electron chi connectivity index (χ3n) is 3.00. The van der Waals surface area contributed by atoms with Gasteiger partial charge in [0.1, 0.15) is 5.75 Å². The van der Waals surface area contributed by atoms with Crippen LogP contribution in [0.1, 0.15) is 48.4 Å². The van der Waals surface area contributed by atoms with Crippen molar-refractivity contribution in [3.05, 3.63) is 29.3 Å². The molecule has 0 aliphatic heterocycles. The Morgan fingerprint density at radius 1 is 1.15 bits per heavy atom. The smallest absolute Gasteiger partial charge is 0.337 e. The van der Waals surface area contributed by atoms with Crippen molar-refractivity contribution in [1.29, 1.82) is 0 Å². The van der Waals surface area contributed by atoms with E-state index in [1.807, 2.05) is 27.7 Å². The third-order valence-corrected chi connectivity index (χ3v) is 3.00. The molecule has 1 aromatic rings. The second kappa shape index (κ2) is 6.41. The second-order valence-corrected chi connectivity index (χ2v) is 5.12. The number of aromatic hydroxyl groups is 1. The minimum atomic E-state index is -0.552. The molecule has 5 nitrogen and oxygen atoms in total. The van der Waals surface area contributed by atoms with Crippen molar-refractivity contribution in [2.24, 2.45) is 0 Å². The molecule has 0 heterocycles. The van der Waals surface area contributed by atoms with Gasteiger partial charge in [0.15, 0.2) is 0 Å². The average Bonchev–Trinajstić information content (AvgIpc) is 2.36. The van der Waals surface area contributed by atoms with Gasteiger partial charge in [-0.3, -0.25) is 4.79 Å². The predicted octanol–water partition coefficient (Wildman–Crippen LogP) is 2.44. The molecule has 0 fully saturated rings. The van der Waals surface area contributed by atoms with Crippen molar-refractivity contribution >= 4 is 11.9 Å². The molecular formula is C15H21NO4. The van der Waals surface area contributed by atoms with E-state index in [-0.39, 0.29) is 34.9 Å². The summed E-state index contributed by atoms with van der Waals surface area (Å²) in [4.78, 5) is 25.5. The van der Waals surface area contributed by atoms with Crippen LogP contribution in [0, 0.1) is 0 Å². The van der Waals surface area contributed by atoms with E-state index in [0.717, 1.165) is 0 Å². The Hall–Kier alpha value is -2.04. The topological polar surface area (TPSA) is 66.8 Å². The van der Waals surface area contributed by atoms with Gasteiger partial charge in [0.05, 0.1) is 18.2 Å². The lowest BCUT2D eigenvalue weighted by molar-refractivity contribution is 0.0595. The van der Waals surface area contributed by atoms with E-state index in [1.54, 1.807) is 4.90 Å². The molecule has 1 amide bonds. The summed E-state index contributed by atoms with van der Waals surface area (Å²) in [5, 5.41) is 9.96. The minimum absolute atomic E-state index is 0.0159. The highest BCUT2D eigenvalue weighted by molar-refractivity contribution is 5.99. The largest absolute Gasteiger partial charge is 0.507 e. The number of hydrogen-bond donors (Lipinski definition) is 1. The average molecular weight is 279 g/mol. The summed E-state index contributed by atoms with van der Waals surface area (Å²) in [7, 11) is 1.26. The van der Waals surface area contributed by atoms with E-state index in [2.05, 4.69) is 4.74 Å². The summed E-state index contributed by atoms with van der Waals surface area (Å²) < 4.78 is 4.57. The van der Waals surface area contributed by atoms with Crippen molar-refractivity contribution in [2.45, 2.75) is 39.8 Å². The van der Waals surface area contributed by atoms with E-state index >= 15 is 0 Å². The first kappa shape index (κ1) is 16.0. The zero-order valence-corrected chi connectivity index (χ0v) is 12.5. The maximum atomic E-state index is 12.4. The maximum Gasteiger partial charge on any atom is 0.337 e. The molecule has 1 aromatic carbocycles. The molecule has 0 saturated heterocycles. The van der Waals surface area contributed by atoms with Gasteiger partial charge in [-0.1, -0.05) is 0 Å². The van der Waals surface area contributed by atoms with Crippen LogP contribution in [0.3, 0.4) is 0 Å². The fourth-order valence-corrected chi connectivity index (χ4v) is 2.16. The van der Waals surface area contributed by atoms with Gasteiger partial charge in [-0.05, 0) is 45.9 Å². The lowest BCUT2D eigenvalue weighted by atomic mass is 10.1. The summed E-state index contributed by atoms with van der Waals surface area (Å²) in [5.41, 5.74) is 0.391. The lowest BCUT2D eigenvalue weighted by Gasteiger charge is -2.31. The molecule has 0 aromatic heterocycles. The first-order chi connectivity index (χ1) is 9.29. The van der Waals surface area contributed by atoms with E-state index in [1.165, 1.54) is 25.3 Å². The molecule has 5 heteroatoms. The highest BCUT2D eigenvalue weighted by Gasteiger charge is 2.24. The van der Waals surface area contributed by atoms with Gasteiger partial charge in [0.25, 0.3) is 5.91 Å². The van der Waals surface area contributed by atoms with Crippen molar-refractivity contribution in [3.63, 3.8) is 0 Å². The van der Waals surface area contributed by atoms with Crippen molar-refractivity contribution < 1.29 is 19.4 Å². The molecule has 1 N–H and O–H groups in total. The number of rotatable bonds is 4. The Morgan fingerprint density at radius 2 is 1.70 bits per heavy atom. The van der Waals surface area contributed by atoms with Crippen LogP contribution in [0.15, 0.2) is 18.2 Å². The van der Waals surface area contributed by atoms with E-state index in [9.17, 15) is 14.7 Å². The van der Waals surface area contributed by atoms with Crippen molar-refractivity contribution in [1.82, 2.24) is 4.90 Å². The number of benzene rings is 1. The number of hydrogen-bond acceptors (Lipinski definition) is 4. The molecule has 20 heavy (non-hydrogen) atoms. The molecule has 0 spiro atoms. The highest BCUT2D eigenvalue weighted by atomic mass is 16.5. The minimum Gasteiger partial charge on any atom is -0.507 e. The van der Waals surface area contributed by atoms with Gasteiger partial charge in [0.2, 0.25) is 0 Å². The SMILES string of the molecule is COC(=O)c1ccc(C(=O)N(C(C)C)C(C)C)c(O)c1. The molecule has 0 unspecified atom stereocenters. The molecular weight excluding hydrogens is 258 g/mol. The van der Waals surface area contributed by atoms with Crippen molar-refractivity contribution in [2.75, 3.05) is 7.11 Å². The van der Waals surface area contributed by atoms with Crippen LogP contribution >= 0.6 is 0 Å². The summed E-state index contributed by atoms with van der Waals surface area (Å²) in [5.74, 6) is -1.03. The zero-order valence-electron chi connectivity index (χ0n) is 12.5. The van der Waals surface area contributed by atoms with E-state index in [4.69, 9.17) is 0 Å². The quantitative estimate of drug-likeness (QED) is 0.860. The fourth-order valence-electron chi connectivity index (χ4n) is 2.16. The van der Waals surface area contributed by atoms with Crippen LogP contribution in [0.5, 0.6) is 5.75 Å². The number of nitrogens with zero attached hydrogens (tertiary/aromatic N) is 1. The van der Waals surface area contributed by atoms with Gasteiger partial charge in [0, 0.05) is 12.1 Å². The van der Waals surface area contributed by atoms with Gasteiger partial charge >= 0.3 is 5.97 Å². The summed E-state index contributed by atoms with van der Waals surface area (Å²) in [6.07, 6.45) is 0. The maximum absolute atomic E-state index is 12.4. The van der Waals surface area contributed by atoms with Crippen LogP contribution in [0.25, 0.3) is 0 Å². The first-order valence-electron chi connectivity index (χ1n) is 6.53. The normalized spacial score (nSPS) is 10.8. The summed E-state index contributed by atoms with van der Waals surface area (Å²) in [6, 6.07) is 4.20.